The Labute approximate surface area is 219 Å². The molecule has 2 nitrogen and oxygen atoms in total. The molecule has 0 radical (unpaired) electrons. The van der Waals surface area contributed by atoms with Gasteiger partial charge in [0.05, 0.1) is 11.3 Å². The average molecular weight is 508 g/mol. The van der Waals surface area contributed by atoms with Crippen LogP contribution in [0.3, 0.4) is 0 Å². The highest BCUT2D eigenvalue weighted by Gasteiger charge is 2.30. The summed E-state index contributed by atoms with van der Waals surface area (Å²) in [6, 6.07) is 36.2. The standard InChI is InChI=1S/C33H24F3NO/c1-22(38-32-11-3-2-10-31(32)37)23-12-14-24(15-13-23)27-6-4-7-28(20-27)25-16-18-26(19-17-25)29-8-5-9-30(21-29)33(34,35)36/h2-21H,1,37H2. The van der Waals surface area contributed by atoms with Crippen molar-refractivity contribution in [2.24, 2.45) is 0 Å². The first-order valence-corrected chi connectivity index (χ1v) is 12.0. The highest BCUT2D eigenvalue weighted by Crippen LogP contribution is 2.34. The Morgan fingerprint density at radius 3 is 1.63 bits per heavy atom. The molecule has 0 saturated carbocycles. The number of anilines is 1. The van der Waals surface area contributed by atoms with Crippen molar-refractivity contribution < 1.29 is 17.9 Å². The van der Waals surface area contributed by atoms with E-state index in [0.29, 0.717) is 22.8 Å². The molecule has 0 amide bonds. The Bertz CT molecular complexity index is 1590. The van der Waals surface area contributed by atoms with Crippen LogP contribution in [0.1, 0.15) is 11.1 Å². The first kappa shape index (κ1) is 24.9. The van der Waals surface area contributed by atoms with Crippen LogP contribution in [0.15, 0.2) is 128 Å². The summed E-state index contributed by atoms with van der Waals surface area (Å²) in [4.78, 5) is 0. The quantitative estimate of drug-likeness (QED) is 0.184. The second kappa shape index (κ2) is 10.3. The number of nitrogen functional groups attached to an aromatic ring is 1. The van der Waals surface area contributed by atoms with Crippen molar-refractivity contribution in [3.05, 3.63) is 139 Å². The van der Waals surface area contributed by atoms with E-state index in [9.17, 15) is 13.2 Å². The zero-order valence-electron chi connectivity index (χ0n) is 20.4. The van der Waals surface area contributed by atoms with Crippen LogP contribution in [-0.2, 0) is 6.18 Å². The third-order valence-electron chi connectivity index (χ3n) is 6.30. The van der Waals surface area contributed by atoms with Gasteiger partial charge in [0.2, 0.25) is 0 Å². The lowest BCUT2D eigenvalue weighted by Gasteiger charge is -2.12. The molecule has 2 N–H and O–H groups in total. The monoisotopic (exact) mass is 507 g/mol. The van der Waals surface area contributed by atoms with Gasteiger partial charge in [-0.05, 0) is 63.7 Å². The Morgan fingerprint density at radius 1 is 0.579 bits per heavy atom. The molecule has 5 aromatic rings. The lowest BCUT2D eigenvalue weighted by molar-refractivity contribution is -0.137. The van der Waals surface area contributed by atoms with E-state index in [1.54, 1.807) is 18.2 Å². The Morgan fingerprint density at radius 2 is 1.08 bits per heavy atom. The van der Waals surface area contributed by atoms with E-state index in [1.165, 1.54) is 12.1 Å². The third kappa shape index (κ3) is 5.47. The van der Waals surface area contributed by atoms with Crippen molar-refractivity contribution in [1.29, 1.82) is 0 Å². The minimum atomic E-state index is -4.37. The molecule has 0 saturated heterocycles. The van der Waals surface area contributed by atoms with Gasteiger partial charge >= 0.3 is 6.18 Å². The molecule has 0 aromatic heterocycles. The Hall–Kier alpha value is -4.77. The van der Waals surface area contributed by atoms with Crippen LogP contribution in [0.25, 0.3) is 39.1 Å². The van der Waals surface area contributed by atoms with Crippen LogP contribution in [0.5, 0.6) is 5.75 Å². The van der Waals surface area contributed by atoms with Gasteiger partial charge in [0.1, 0.15) is 11.5 Å². The topological polar surface area (TPSA) is 35.2 Å². The normalized spacial score (nSPS) is 11.2. The Balaban J connectivity index is 1.34. The predicted molar refractivity (Wildman–Crippen MR) is 148 cm³/mol. The molecule has 0 unspecified atom stereocenters. The maximum absolute atomic E-state index is 13.1. The minimum Gasteiger partial charge on any atom is -0.455 e. The Kier molecular flexibility index (Phi) is 6.75. The SMILES string of the molecule is C=C(Oc1ccccc1N)c1ccc(-c2cccc(-c3ccc(-c4cccc(C(F)(F)F)c4)cc3)c2)cc1. The number of nitrogens with two attached hydrogens (primary N) is 1. The molecule has 5 rings (SSSR count). The molecule has 0 spiro atoms. The molecule has 38 heavy (non-hydrogen) atoms. The molecular formula is C33H24F3NO. The van der Waals surface area contributed by atoms with Gasteiger partial charge in [-0.1, -0.05) is 97.6 Å². The van der Waals surface area contributed by atoms with Crippen LogP contribution >= 0.6 is 0 Å². The fourth-order valence-electron chi connectivity index (χ4n) is 4.22. The van der Waals surface area contributed by atoms with Gasteiger partial charge in [-0.25, -0.2) is 0 Å². The van der Waals surface area contributed by atoms with Crippen molar-refractivity contribution in [2.75, 3.05) is 5.73 Å². The molecular weight excluding hydrogens is 483 g/mol. The van der Waals surface area contributed by atoms with E-state index in [1.807, 2.05) is 78.9 Å². The molecule has 0 bridgehead atoms. The highest BCUT2D eigenvalue weighted by atomic mass is 19.4. The molecule has 5 heteroatoms. The summed E-state index contributed by atoms with van der Waals surface area (Å²) in [5, 5.41) is 0. The van der Waals surface area contributed by atoms with E-state index in [0.717, 1.165) is 39.4 Å². The number of hydrogen-bond acceptors (Lipinski definition) is 2. The maximum atomic E-state index is 13.1. The summed E-state index contributed by atoms with van der Waals surface area (Å²) in [6.07, 6.45) is -4.37. The lowest BCUT2D eigenvalue weighted by Crippen LogP contribution is -2.04. The first-order valence-electron chi connectivity index (χ1n) is 12.0. The maximum Gasteiger partial charge on any atom is 0.416 e. The fourth-order valence-corrected chi connectivity index (χ4v) is 4.22. The van der Waals surface area contributed by atoms with Gasteiger partial charge in [0.25, 0.3) is 0 Å². The van der Waals surface area contributed by atoms with E-state index in [2.05, 4.69) is 12.6 Å². The minimum absolute atomic E-state index is 0.504. The predicted octanol–water partition coefficient (Wildman–Crippen LogP) is 9.34. The van der Waals surface area contributed by atoms with Crippen LogP contribution < -0.4 is 10.5 Å². The molecule has 0 aliphatic heterocycles. The van der Waals surface area contributed by atoms with E-state index >= 15 is 0 Å². The van der Waals surface area contributed by atoms with Crippen molar-refractivity contribution in [1.82, 2.24) is 0 Å². The summed E-state index contributed by atoms with van der Waals surface area (Å²) in [5.74, 6) is 1.07. The number of rotatable bonds is 6. The number of alkyl halides is 3. The van der Waals surface area contributed by atoms with E-state index in [4.69, 9.17) is 10.5 Å². The van der Waals surface area contributed by atoms with Crippen molar-refractivity contribution >= 4 is 11.4 Å². The summed E-state index contributed by atoms with van der Waals surface area (Å²) in [6.45, 7) is 4.03. The zero-order valence-corrected chi connectivity index (χ0v) is 20.4. The number of para-hydroxylation sites is 2. The van der Waals surface area contributed by atoms with Crippen LogP contribution in [0.4, 0.5) is 18.9 Å². The van der Waals surface area contributed by atoms with E-state index in [-0.39, 0.29) is 0 Å². The van der Waals surface area contributed by atoms with Gasteiger partial charge in [-0.15, -0.1) is 0 Å². The second-order valence-corrected chi connectivity index (χ2v) is 8.88. The van der Waals surface area contributed by atoms with Gasteiger partial charge in [-0.3, -0.25) is 0 Å². The molecule has 0 aliphatic carbocycles. The molecule has 5 aromatic carbocycles. The second-order valence-electron chi connectivity index (χ2n) is 8.88. The lowest BCUT2D eigenvalue weighted by atomic mass is 9.96. The van der Waals surface area contributed by atoms with Crippen molar-refractivity contribution in [2.45, 2.75) is 6.18 Å². The van der Waals surface area contributed by atoms with Gasteiger partial charge < -0.3 is 10.5 Å². The van der Waals surface area contributed by atoms with Crippen LogP contribution in [0, 0.1) is 0 Å². The fraction of sp³-hybridized carbons (Fsp3) is 0.0303. The highest BCUT2D eigenvalue weighted by molar-refractivity contribution is 5.76. The number of hydrogen-bond donors (Lipinski definition) is 1. The molecule has 0 aliphatic rings. The van der Waals surface area contributed by atoms with Crippen LogP contribution in [0.2, 0.25) is 0 Å². The van der Waals surface area contributed by atoms with Gasteiger partial charge in [-0.2, -0.15) is 13.2 Å². The summed E-state index contributed by atoms with van der Waals surface area (Å²) < 4.78 is 45.1. The van der Waals surface area contributed by atoms with Crippen molar-refractivity contribution in [3.8, 4) is 39.1 Å². The number of ether oxygens (including phenoxy) is 1. The average Bonchev–Trinajstić information content (AvgIpc) is 2.94. The zero-order chi connectivity index (χ0) is 26.7. The van der Waals surface area contributed by atoms with Gasteiger partial charge in [0, 0.05) is 5.56 Å². The summed E-state index contributed by atoms with van der Waals surface area (Å²) >= 11 is 0. The summed E-state index contributed by atoms with van der Waals surface area (Å²) in [5.41, 5.74) is 12.0. The van der Waals surface area contributed by atoms with Crippen LogP contribution in [-0.4, -0.2) is 0 Å². The summed E-state index contributed by atoms with van der Waals surface area (Å²) in [7, 11) is 0. The third-order valence-corrected chi connectivity index (χ3v) is 6.30. The number of halogens is 3. The molecule has 188 valence electrons. The molecule has 0 heterocycles. The van der Waals surface area contributed by atoms with Gasteiger partial charge in [0.15, 0.2) is 0 Å². The number of benzene rings is 5. The first-order chi connectivity index (χ1) is 18.3. The molecule has 0 fully saturated rings. The largest absolute Gasteiger partial charge is 0.455 e. The molecule has 0 atom stereocenters. The van der Waals surface area contributed by atoms with Crippen molar-refractivity contribution in [3.63, 3.8) is 0 Å². The smallest absolute Gasteiger partial charge is 0.416 e. The van der Waals surface area contributed by atoms with E-state index < -0.39 is 11.7 Å².